The van der Waals surface area contributed by atoms with Gasteiger partial charge in [0, 0.05) is 5.56 Å². The van der Waals surface area contributed by atoms with E-state index in [-0.39, 0.29) is 0 Å². The molecule has 0 fully saturated rings. The highest BCUT2D eigenvalue weighted by atomic mass is 79.9. The average Bonchev–Trinajstić information content (AvgIpc) is 3.11. The number of benzene rings is 3. The van der Waals surface area contributed by atoms with Crippen molar-refractivity contribution in [1.29, 1.82) is 0 Å². The molecule has 0 radical (unpaired) electrons. The van der Waals surface area contributed by atoms with Crippen LogP contribution in [0.2, 0.25) is 0 Å². The van der Waals surface area contributed by atoms with Crippen LogP contribution in [0.5, 0.6) is 11.5 Å². The molecule has 3 aromatic carbocycles. The van der Waals surface area contributed by atoms with Crippen molar-refractivity contribution in [3.05, 3.63) is 75.8 Å². The maximum absolute atomic E-state index is 6.05. The first kappa shape index (κ1) is 18.6. The van der Waals surface area contributed by atoms with E-state index in [9.17, 15) is 0 Å². The monoisotopic (exact) mass is 436 g/mol. The van der Waals surface area contributed by atoms with E-state index >= 15 is 0 Å². The van der Waals surface area contributed by atoms with Gasteiger partial charge >= 0.3 is 0 Å². The zero-order chi connectivity index (χ0) is 19.7. The zero-order valence-electron chi connectivity index (χ0n) is 16.0. The van der Waals surface area contributed by atoms with Crippen molar-refractivity contribution >= 4 is 27.0 Å². The molecular weight excluding hydrogens is 416 g/mol. The van der Waals surface area contributed by atoms with Gasteiger partial charge in [-0.1, -0.05) is 35.9 Å². The summed E-state index contributed by atoms with van der Waals surface area (Å²) in [5.41, 5.74) is 6.42. The Bertz CT molecular complexity index is 1130. The first-order valence-electron chi connectivity index (χ1n) is 9.06. The number of aromatic amines is 1. The minimum Gasteiger partial charge on any atom is -0.493 e. The van der Waals surface area contributed by atoms with E-state index in [1.165, 1.54) is 11.1 Å². The number of methoxy groups -OCH3 is 1. The summed E-state index contributed by atoms with van der Waals surface area (Å²) >= 11 is 3.63. The molecule has 0 aliphatic rings. The van der Waals surface area contributed by atoms with Crippen LogP contribution >= 0.6 is 15.9 Å². The molecule has 4 rings (SSSR count). The lowest BCUT2D eigenvalue weighted by atomic mass is 10.1. The van der Waals surface area contributed by atoms with Gasteiger partial charge in [-0.05, 0) is 65.2 Å². The van der Waals surface area contributed by atoms with Crippen molar-refractivity contribution in [2.45, 2.75) is 20.5 Å². The lowest BCUT2D eigenvalue weighted by Crippen LogP contribution is -1.99. The van der Waals surface area contributed by atoms with Crippen LogP contribution in [0.15, 0.2) is 59.1 Å². The molecule has 1 aromatic heterocycles. The van der Waals surface area contributed by atoms with E-state index in [1.807, 2.05) is 18.2 Å². The number of hydrogen-bond acceptors (Lipinski definition) is 3. The summed E-state index contributed by atoms with van der Waals surface area (Å²) < 4.78 is 12.5. The van der Waals surface area contributed by atoms with Gasteiger partial charge < -0.3 is 14.5 Å². The van der Waals surface area contributed by atoms with Crippen molar-refractivity contribution < 1.29 is 9.47 Å². The minimum atomic E-state index is 0.471. The Hall–Kier alpha value is -2.79. The molecule has 0 atom stereocenters. The fourth-order valence-corrected chi connectivity index (χ4v) is 3.65. The number of fused-ring (bicyclic) bond motifs is 1. The molecular formula is C23H21BrN2O2. The Balaban J connectivity index is 1.65. The summed E-state index contributed by atoms with van der Waals surface area (Å²) in [5.74, 6) is 2.14. The van der Waals surface area contributed by atoms with E-state index in [2.05, 4.69) is 71.2 Å². The smallest absolute Gasteiger partial charge is 0.175 e. The van der Waals surface area contributed by atoms with Crippen LogP contribution in [-0.2, 0) is 6.61 Å². The lowest BCUT2D eigenvalue weighted by molar-refractivity contribution is 0.282. The van der Waals surface area contributed by atoms with Gasteiger partial charge in [-0.3, -0.25) is 0 Å². The normalized spacial score (nSPS) is 11.0. The third-order valence-corrected chi connectivity index (χ3v) is 5.23. The molecule has 4 aromatic rings. The molecule has 0 aliphatic carbocycles. The van der Waals surface area contributed by atoms with E-state index < -0.39 is 0 Å². The van der Waals surface area contributed by atoms with Crippen LogP contribution in [0, 0.1) is 13.8 Å². The van der Waals surface area contributed by atoms with Gasteiger partial charge in [0.1, 0.15) is 12.4 Å². The fraction of sp³-hybridized carbons (Fsp3) is 0.174. The highest BCUT2D eigenvalue weighted by Gasteiger charge is 2.15. The number of hydrogen-bond donors (Lipinski definition) is 1. The Labute approximate surface area is 172 Å². The third-order valence-electron chi connectivity index (χ3n) is 4.64. The van der Waals surface area contributed by atoms with Crippen molar-refractivity contribution in [2.75, 3.05) is 7.11 Å². The van der Waals surface area contributed by atoms with Crippen molar-refractivity contribution in [3.63, 3.8) is 0 Å². The molecule has 0 saturated carbocycles. The zero-order valence-corrected chi connectivity index (χ0v) is 17.6. The Kier molecular flexibility index (Phi) is 5.09. The maximum Gasteiger partial charge on any atom is 0.175 e. The van der Waals surface area contributed by atoms with E-state index in [4.69, 9.17) is 14.5 Å². The summed E-state index contributed by atoms with van der Waals surface area (Å²) in [6.07, 6.45) is 0. The minimum absolute atomic E-state index is 0.471. The van der Waals surface area contributed by atoms with Gasteiger partial charge in [-0.2, -0.15) is 0 Å². The summed E-state index contributed by atoms with van der Waals surface area (Å²) in [5, 5.41) is 0. The van der Waals surface area contributed by atoms with Gasteiger partial charge in [0.05, 0.1) is 22.6 Å². The van der Waals surface area contributed by atoms with Crippen LogP contribution in [0.1, 0.15) is 16.7 Å². The number of imidazole rings is 1. The number of aromatic nitrogens is 2. The first-order chi connectivity index (χ1) is 13.5. The van der Waals surface area contributed by atoms with Gasteiger partial charge in [-0.15, -0.1) is 0 Å². The van der Waals surface area contributed by atoms with Gasteiger partial charge in [0.25, 0.3) is 0 Å². The van der Waals surface area contributed by atoms with Crippen molar-refractivity contribution in [2.24, 2.45) is 0 Å². The molecule has 1 heterocycles. The lowest BCUT2D eigenvalue weighted by Gasteiger charge is -2.14. The molecule has 0 unspecified atom stereocenters. The number of nitrogens with zero attached hydrogens (tertiary/aromatic N) is 1. The summed E-state index contributed by atoms with van der Waals surface area (Å²) in [6.45, 7) is 4.61. The quantitative estimate of drug-likeness (QED) is 0.405. The second kappa shape index (κ2) is 7.68. The second-order valence-corrected chi connectivity index (χ2v) is 7.72. The molecule has 0 aliphatic heterocycles. The van der Waals surface area contributed by atoms with Crippen LogP contribution in [0.4, 0.5) is 0 Å². The number of rotatable bonds is 5. The molecule has 0 amide bonds. The maximum atomic E-state index is 6.05. The Morgan fingerprint density at radius 1 is 0.964 bits per heavy atom. The predicted molar refractivity (Wildman–Crippen MR) is 116 cm³/mol. The van der Waals surface area contributed by atoms with E-state index in [0.717, 1.165) is 32.5 Å². The molecule has 4 nitrogen and oxygen atoms in total. The van der Waals surface area contributed by atoms with Crippen LogP contribution in [0.3, 0.4) is 0 Å². The summed E-state index contributed by atoms with van der Waals surface area (Å²) in [7, 11) is 1.65. The molecule has 1 N–H and O–H groups in total. The molecule has 0 spiro atoms. The number of H-pyrrole nitrogens is 1. The fourth-order valence-electron chi connectivity index (χ4n) is 3.10. The van der Waals surface area contributed by atoms with E-state index in [1.54, 1.807) is 7.11 Å². The van der Waals surface area contributed by atoms with Crippen LogP contribution < -0.4 is 9.47 Å². The predicted octanol–water partition coefficient (Wildman–Crippen LogP) is 6.20. The van der Waals surface area contributed by atoms with Gasteiger partial charge in [0.15, 0.2) is 11.5 Å². The van der Waals surface area contributed by atoms with Gasteiger partial charge in [0.2, 0.25) is 0 Å². The first-order valence-corrected chi connectivity index (χ1v) is 9.85. The van der Waals surface area contributed by atoms with E-state index in [0.29, 0.717) is 18.1 Å². The van der Waals surface area contributed by atoms with Crippen LogP contribution in [0.25, 0.3) is 22.4 Å². The standard InChI is InChI=1S/C23H21BrN2O2/c1-14-4-7-16(8-5-14)13-28-22-18(24)11-17(12-21(22)27-3)23-25-19-9-6-15(2)10-20(19)26-23/h4-12H,13H2,1-3H3,(H,25,26). The molecule has 28 heavy (non-hydrogen) atoms. The van der Waals surface area contributed by atoms with Crippen molar-refractivity contribution in [3.8, 4) is 22.9 Å². The Morgan fingerprint density at radius 3 is 2.46 bits per heavy atom. The van der Waals surface area contributed by atoms with Crippen molar-refractivity contribution in [1.82, 2.24) is 9.97 Å². The summed E-state index contributed by atoms with van der Waals surface area (Å²) in [4.78, 5) is 8.08. The number of nitrogens with one attached hydrogen (secondary N) is 1. The number of halogens is 1. The van der Waals surface area contributed by atoms with Gasteiger partial charge in [-0.25, -0.2) is 4.98 Å². The number of aryl methyl sites for hydroxylation is 2. The third kappa shape index (κ3) is 3.76. The molecule has 0 bridgehead atoms. The molecule has 0 saturated heterocycles. The topological polar surface area (TPSA) is 47.1 Å². The highest BCUT2D eigenvalue weighted by Crippen LogP contribution is 2.40. The summed E-state index contributed by atoms with van der Waals surface area (Å²) in [6, 6.07) is 18.4. The number of ether oxygens (including phenoxy) is 2. The molecule has 5 heteroatoms. The Morgan fingerprint density at radius 2 is 1.71 bits per heavy atom. The van der Waals surface area contributed by atoms with Crippen LogP contribution in [-0.4, -0.2) is 17.1 Å². The largest absolute Gasteiger partial charge is 0.493 e. The SMILES string of the molecule is COc1cc(-c2nc3ccc(C)cc3[nH]2)cc(Br)c1OCc1ccc(C)cc1. The second-order valence-electron chi connectivity index (χ2n) is 6.87. The molecule has 142 valence electrons. The highest BCUT2D eigenvalue weighted by molar-refractivity contribution is 9.10. The average molecular weight is 437 g/mol.